The first kappa shape index (κ1) is 15.8. The molecule has 1 aromatic rings. The second kappa shape index (κ2) is 7.36. The van der Waals surface area contributed by atoms with Crippen molar-refractivity contribution in [2.24, 2.45) is 0 Å². The maximum absolute atomic E-state index is 12.1. The first-order chi connectivity index (χ1) is 8.70. The van der Waals surface area contributed by atoms with Crippen molar-refractivity contribution in [1.82, 2.24) is 10.6 Å². The quantitative estimate of drug-likeness (QED) is 0.891. The molecule has 0 aliphatic carbocycles. The molecule has 1 heterocycles. The van der Waals surface area contributed by atoms with E-state index in [1.165, 1.54) is 0 Å². The molecule has 1 atom stereocenters. The van der Waals surface area contributed by atoms with Crippen LogP contribution in [0, 0.1) is 6.92 Å². The molecule has 0 radical (unpaired) electrons. The third-order valence-electron chi connectivity index (χ3n) is 3.30. The van der Waals surface area contributed by atoms with Gasteiger partial charge in [-0.15, -0.1) is 12.4 Å². The molecule has 1 fully saturated rings. The number of aryl methyl sites for hydroxylation is 1. The van der Waals surface area contributed by atoms with Gasteiger partial charge in [-0.2, -0.15) is 0 Å². The normalized spacial score (nSPS) is 18.3. The Kier molecular flexibility index (Phi) is 6.12. The summed E-state index contributed by atoms with van der Waals surface area (Å²) in [5.41, 5.74) is 1.69. The number of halogens is 1. The molecule has 0 bridgehead atoms. The van der Waals surface area contributed by atoms with Crippen molar-refractivity contribution >= 4 is 18.3 Å². The molecule has 1 amide bonds. The van der Waals surface area contributed by atoms with Crippen molar-refractivity contribution < 1.29 is 9.53 Å². The lowest BCUT2D eigenvalue weighted by molar-refractivity contribution is 0.0930. The molecule has 1 aromatic carbocycles. The Bertz CT molecular complexity index is 431. The first-order valence-corrected chi connectivity index (χ1v) is 6.37. The minimum Gasteiger partial charge on any atom is -0.496 e. The second-order valence-corrected chi connectivity index (χ2v) is 4.70. The van der Waals surface area contributed by atoms with Gasteiger partial charge >= 0.3 is 0 Å². The predicted octanol–water partition coefficient (Wildman–Crippen LogP) is 1.91. The van der Waals surface area contributed by atoms with Gasteiger partial charge in [-0.25, -0.2) is 0 Å². The molecule has 1 aliphatic heterocycles. The SMILES string of the molecule is COc1cc(C(=O)N[C@H]2CCCNC2)ccc1C.Cl. The van der Waals surface area contributed by atoms with Crippen molar-refractivity contribution in [3.8, 4) is 5.75 Å². The second-order valence-electron chi connectivity index (χ2n) is 4.70. The van der Waals surface area contributed by atoms with Crippen LogP contribution >= 0.6 is 12.4 Å². The number of piperidine rings is 1. The molecule has 19 heavy (non-hydrogen) atoms. The van der Waals surface area contributed by atoms with E-state index in [0.29, 0.717) is 5.56 Å². The average molecular weight is 285 g/mol. The number of rotatable bonds is 3. The topological polar surface area (TPSA) is 50.4 Å². The Hall–Kier alpha value is -1.26. The molecule has 2 rings (SSSR count). The van der Waals surface area contributed by atoms with Crippen LogP contribution in [0.15, 0.2) is 18.2 Å². The Labute approximate surface area is 120 Å². The van der Waals surface area contributed by atoms with E-state index >= 15 is 0 Å². The van der Waals surface area contributed by atoms with Gasteiger partial charge in [0.25, 0.3) is 5.91 Å². The van der Waals surface area contributed by atoms with Crippen LogP contribution in [0.25, 0.3) is 0 Å². The highest BCUT2D eigenvalue weighted by Crippen LogP contribution is 2.19. The van der Waals surface area contributed by atoms with Crippen LogP contribution in [0.5, 0.6) is 5.75 Å². The van der Waals surface area contributed by atoms with E-state index in [2.05, 4.69) is 10.6 Å². The highest BCUT2D eigenvalue weighted by molar-refractivity contribution is 5.94. The standard InChI is InChI=1S/C14H20N2O2.ClH/c1-10-5-6-11(8-13(10)18-2)14(17)16-12-4-3-7-15-9-12;/h5-6,8,12,15H,3-4,7,9H2,1-2H3,(H,16,17);1H/t12-;/m0./s1. The van der Waals surface area contributed by atoms with Gasteiger partial charge in [0.15, 0.2) is 0 Å². The van der Waals surface area contributed by atoms with Crippen molar-refractivity contribution in [2.75, 3.05) is 20.2 Å². The Balaban J connectivity index is 0.00000180. The van der Waals surface area contributed by atoms with Gasteiger partial charge in [-0.1, -0.05) is 6.07 Å². The minimum atomic E-state index is -0.0259. The fraction of sp³-hybridized carbons (Fsp3) is 0.500. The third kappa shape index (κ3) is 4.11. The zero-order valence-corrected chi connectivity index (χ0v) is 12.2. The number of hydrogen-bond donors (Lipinski definition) is 2. The molecule has 5 heteroatoms. The lowest BCUT2D eigenvalue weighted by Gasteiger charge is -2.23. The van der Waals surface area contributed by atoms with E-state index in [1.54, 1.807) is 13.2 Å². The van der Waals surface area contributed by atoms with Crippen LogP contribution in [0.2, 0.25) is 0 Å². The lowest BCUT2D eigenvalue weighted by atomic mass is 10.1. The molecule has 2 N–H and O–H groups in total. The highest BCUT2D eigenvalue weighted by Gasteiger charge is 2.16. The number of carbonyl (C=O) groups excluding carboxylic acids is 1. The molecule has 0 unspecified atom stereocenters. The predicted molar refractivity (Wildman–Crippen MR) is 78.3 cm³/mol. The van der Waals surface area contributed by atoms with Crippen LogP contribution in [0.1, 0.15) is 28.8 Å². The summed E-state index contributed by atoms with van der Waals surface area (Å²) < 4.78 is 5.23. The van der Waals surface area contributed by atoms with E-state index in [1.807, 2.05) is 19.1 Å². The Morgan fingerprint density at radius 2 is 2.26 bits per heavy atom. The number of carbonyl (C=O) groups is 1. The van der Waals surface area contributed by atoms with Crippen LogP contribution in [0.3, 0.4) is 0 Å². The van der Waals surface area contributed by atoms with Gasteiger partial charge in [0.05, 0.1) is 7.11 Å². The van der Waals surface area contributed by atoms with Crippen molar-refractivity contribution in [3.63, 3.8) is 0 Å². The third-order valence-corrected chi connectivity index (χ3v) is 3.30. The highest BCUT2D eigenvalue weighted by atomic mass is 35.5. The van der Waals surface area contributed by atoms with Crippen LogP contribution in [-0.2, 0) is 0 Å². The summed E-state index contributed by atoms with van der Waals surface area (Å²) in [5, 5.41) is 6.33. The summed E-state index contributed by atoms with van der Waals surface area (Å²) >= 11 is 0. The fourth-order valence-corrected chi connectivity index (χ4v) is 2.20. The zero-order valence-electron chi connectivity index (χ0n) is 11.4. The summed E-state index contributed by atoms with van der Waals surface area (Å²) in [6.07, 6.45) is 2.16. The van der Waals surface area contributed by atoms with Crippen LogP contribution in [-0.4, -0.2) is 32.1 Å². The van der Waals surface area contributed by atoms with E-state index in [9.17, 15) is 4.79 Å². The fourth-order valence-electron chi connectivity index (χ4n) is 2.20. The number of benzene rings is 1. The number of methoxy groups -OCH3 is 1. The molecular formula is C14H21ClN2O2. The summed E-state index contributed by atoms with van der Waals surface area (Å²) in [6, 6.07) is 5.77. The number of hydrogen-bond acceptors (Lipinski definition) is 3. The largest absolute Gasteiger partial charge is 0.496 e. The maximum atomic E-state index is 12.1. The summed E-state index contributed by atoms with van der Waals surface area (Å²) in [4.78, 5) is 12.1. The van der Waals surface area contributed by atoms with E-state index in [4.69, 9.17) is 4.74 Å². The Morgan fingerprint density at radius 1 is 1.47 bits per heavy atom. The van der Waals surface area contributed by atoms with Crippen LogP contribution in [0.4, 0.5) is 0 Å². The summed E-state index contributed by atoms with van der Waals surface area (Å²) in [6.45, 7) is 3.87. The number of nitrogens with one attached hydrogen (secondary N) is 2. The molecule has 1 aliphatic rings. The van der Waals surface area contributed by atoms with Gasteiger partial charge < -0.3 is 15.4 Å². The number of amides is 1. The lowest BCUT2D eigenvalue weighted by Crippen LogP contribution is -2.45. The van der Waals surface area contributed by atoms with Gasteiger partial charge in [0, 0.05) is 18.2 Å². The molecule has 0 saturated carbocycles. The molecule has 106 valence electrons. The average Bonchev–Trinajstić information content (AvgIpc) is 2.40. The van der Waals surface area contributed by atoms with Crippen molar-refractivity contribution in [1.29, 1.82) is 0 Å². The molecule has 0 spiro atoms. The minimum absolute atomic E-state index is 0. The van der Waals surface area contributed by atoms with Gasteiger partial charge in [-0.05, 0) is 44.0 Å². The van der Waals surface area contributed by atoms with E-state index in [0.717, 1.165) is 37.2 Å². The molecule has 4 nitrogen and oxygen atoms in total. The van der Waals surface area contributed by atoms with Crippen LogP contribution < -0.4 is 15.4 Å². The van der Waals surface area contributed by atoms with E-state index in [-0.39, 0.29) is 24.4 Å². The van der Waals surface area contributed by atoms with E-state index < -0.39 is 0 Å². The molecular weight excluding hydrogens is 264 g/mol. The number of ether oxygens (including phenoxy) is 1. The van der Waals surface area contributed by atoms with Gasteiger partial charge in [0.1, 0.15) is 5.75 Å². The maximum Gasteiger partial charge on any atom is 0.251 e. The Morgan fingerprint density at radius 3 is 2.89 bits per heavy atom. The van der Waals surface area contributed by atoms with Gasteiger partial charge in [0.2, 0.25) is 0 Å². The monoisotopic (exact) mass is 284 g/mol. The van der Waals surface area contributed by atoms with Crippen molar-refractivity contribution in [2.45, 2.75) is 25.8 Å². The summed E-state index contributed by atoms with van der Waals surface area (Å²) in [7, 11) is 1.62. The first-order valence-electron chi connectivity index (χ1n) is 6.37. The smallest absolute Gasteiger partial charge is 0.251 e. The summed E-state index contributed by atoms with van der Waals surface area (Å²) in [5.74, 6) is 0.728. The molecule has 1 saturated heterocycles. The van der Waals surface area contributed by atoms with Crippen molar-refractivity contribution in [3.05, 3.63) is 29.3 Å². The zero-order chi connectivity index (χ0) is 13.0. The molecule has 0 aromatic heterocycles. The van der Waals surface area contributed by atoms with Gasteiger partial charge in [-0.3, -0.25) is 4.79 Å².